The molecule has 1 unspecified atom stereocenters. The van der Waals surface area contributed by atoms with Gasteiger partial charge in [0.25, 0.3) is 0 Å². The molecule has 4 rings (SSSR count). The van der Waals surface area contributed by atoms with E-state index in [1.54, 1.807) is 4.90 Å². The molecule has 3 aromatic rings. The number of alkyl halides is 3. The monoisotopic (exact) mass is 505 g/mol. The average molecular weight is 506 g/mol. The van der Waals surface area contributed by atoms with E-state index in [-0.39, 0.29) is 30.2 Å². The number of aryl methyl sites for hydroxylation is 1. The highest BCUT2D eigenvalue weighted by Gasteiger charge is 2.35. The van der Waals surface area contributed by atoms with E-state index in [9.17, 15) is 22.8 Å². The number of carbonyl (C=O) groups excluding carboxylic acids is 2. The highest BCUT2D eigenvalue weighted by atomic mass is 32.1. The van der Waals surface area contributed by atoms with E-state index in [2.05, 4.69) is 15.4 Å². The lowest BCUT2D eigenvalue weighted by molar-refractivity contribution is -0.142. The molecule has 1 aliphatic rings. The zero-order chi connectivity index (χ0) is 25.2. The molecule has 1 aliphatic heterocycles. The van der Waals surface area contributed by atoms with Gasteiger partial charge in [0.05, 0.1) is 10.9 Å². The Labute approximate surface area is 205 Å². The second kappa shape index (κ2) is 10.2. The zero-order valence-corrected chi connectivity index (χ0v) is 20.2. The lowest BCUT2D eigenvalue weighted by Gasteiger charge is -2.31. The van der Waals surface area contributed by atoms with Crippen molar-refractivity contribution >= 4 is 29.0 Å². The van der Waals surface area contributed by atoms with E-state index in [0.29, 0.717) is 37.4 Å². The molecule has 11 heteroatoms. The predicted molar refractivity (Wildman–Crippen MR) is 126 cm³/mol. The third kappa shape index (κ3) is 5.90. The fraction of sp³-hybridized carbons (Fsp3) is 0.417. The molecule has 1 aromatic carbocycles. The van der Waals surface area contributed by atoms with Crippen LogP contribution < -0.4 is 5.32 Å². The maximum atomic E-state index is 12.9. The average Bonchev–Trinajstić information content (AvgIpc) is 3.46. The molecule has 3 heterocycles. The smallest absolute Gasteiger partial charge is 0.341 e. The molecular formula is C24H26F3N5O2S. The van der Waals surface area contributed by atoms with Crippen LogP contribution in [0.4, 0.5) is 19.0 Å². The van der Waals surface area contributed by atoms with Gasteiger partial charge < -0.3 is 10.2 Å². The lowest BCUT2D eigenvalue weighted by atomic mass is 9.97. The number of amides is 2. The fourth-order valence-electron chi connectivity index (χ4n) is 4.07. The summed E-state index contributed by atoms with van der Waals surface area (Å²) >= 11 is 1.47. The van der Waals surface area contributed by atoms with E-state index in [1.807, 2.05) is 42.6 Å². The minimum atomic E-state index is -4.54. The first kappa shape index (κ1) is 24.9. The van der Waals surface area contributed by atoms with Crippen molar-refractivity contribution in [2.45, 2.75) is 51.2 Å². The normalized spacial score (nSPS) is 15.7. The first-order valence-corrected chi connectivity index (χ1v) is 12.2. The number of nitrogens with one attached hydrogen (secondary N) is 1. The van der Waals surface area contributed by atoms with Crippen LogP contribution in [-0.2, 0) is 22.3 Å². The van der Waals surface area contributed by atoms with Crippen molar-refractivity contribution in [3.8, 4) is 0 Å². The number of nitrogens with zero attached hydrogens (tertiary/aromatic N) is 4. The number of hydrogen-bond acceptors (Lipinski definition) is 5. The zero-order valence-electron chi connectivity index (χ0n) is 19.4. The molecule has 0 spiro atoms. The molecule has 1 saturated heterocycles. The van der Waals surface area contributed by atoms with E-state index in [0.717, 1.165) is 21.3 Å². The minimum Gasteiger partial charge on any atom is -0.341 e. The summed E-state index contributed by atoms with van der Waals surface area (Å²) in [5, 5.41) is 9.14. The van der Waals surface area contributed by atoms with Crippen molar-refractivity contribution in [3.05, 3.63) is 63.7 Å². The molecule has 0 aliphatic carbocycles. The Kier molecular flexibility index (Phi) is 7.25. The fourth-order valence-corrected chi connectivity index (χ4v) is 5.00. The largest absolute Gasteiger partial charge is 0.435 e. The van der Waals surface area contributed by atoms with Gasteiger partial charge in [0.2, 0.25) is 11.8 Å². The number of thiazole rings is 1. The van der Waals surface area contributed by atoms with Gasteiger partial charge in [-0.3, -0.25) is 14.3 Å². The Balaban J connectivity index is 1.29. The third-order valence-electron chi connectivity index (χ3n) is 6.22. The van der Waals surface area contributed by atoms with Gasteiger partial charge in [0, 0.05) is 30.1 Å². The van der Waals surface area contributed by atoms with Crippen LogP contribution in [0.3, 0.4) is 0 Å². The molecule has 0 radical (unpaired) electrons. The van der Waals surface area contributed by atoms with Crippen molar-refractivity contribution in [2.24, 2.45) is 0 Å². The number of carbonyl (C=O) groups is 2. The number of benzene rings is 1. The van der Waals surface area contributed by atoms with Crippen LogP contribution in [0.5, 0.6) is 0 Å². The summed E-state index contributed by atoms with van der Waals surface area (Å²) in [6.07, 6.45) is -3.15. The van der Waals surface area contributed by atoms with Gasteiger partial charge in [-0.15, -0.1) is 11.3 Å². The van der Waals surface area contributed by atoms with Crippen LogP contribution >= 0.6 is 11.3 Å². The topological polar surface area (TPSA) is 80.1 Å². The predicted octanol–water partition coefficient (Wildman–Crippen LogP) is 4.82. The number of anilines is 1. The summed E-state index contributed by atoms with van der Waals surface area (Å²) < 4.78 is 39.7. The summed E-state index contributed by atoms with van der Waals surface area (Å²) in [6.45, 7) is 4.10. The molecule has 1 atom stereocenters. The van der Waals surface area contributed by atoms with Crippen LogP contribution in [0.25, 0.3) is 0 Å². The number of halogens is 3. The molecule has 1 N–H and O–H groups in total. The molecule has 2 aromatic heterocycles. The van der Waals surface area contributed by atoms with E-state index in [1.165, 1.54) is 18.3 Å². The van der Waals surface area contributed by atoms with Gasteiger partial charge >= 0.3 is 6.18 Å². The Morgan fingerprint density at radius 3 is 2.51 bits per heavy atom. The maximum Gasteiger partial charge on any atom is 0.435 e. The molecule has 0 bridgehead atoms. The number of likely N-dealkylation sites (tertiary alicyclic amines) is 1. The molecule has 35 heavy (non-hydrogen) atoms. The Morgan fingerprint density at radius 2 is 1.89 bits per heavy atom. The van der Waals surface area contributed by atoms with Crippen molar-refractivity contribution < 1.29 is 22.8 Å². The van der Waals surface area contributed by atoms with Crippen LogP contribution in [0, 0.1) is 6.92 Å². The number of piperidine rings is 1. The van der Waals surface area contributed by atoms with Gasteiger partial charge in [0.1, 0.15) is 12.4 Å². The molecule has 186 valence electrons. The second-order valence-electron chi connectivity index (χ2n) is 8.67. The third-order valence-corrected chi connectivity index (χ3v) is 7.23. The van der Waals surface area contributed by atoms with E-state index in [4.69, 9.17) is 0 Å². The molecule has 7 nitrogen and oxygen atoms in total. The summed E-state index contributed by atoms with van der Waals surface area (Å²) in [5.41, 5.74) is 0.225. The summed E-state index contributed by atoms with van der Waals surface area (Å²) in [6, 6.07) is 10.5. The minimum absolute atomic E-state index is 0.129. The van der Waals surface area contributed by atoms with E-state index < -0.39 is 11.9 Å². The number of rotatable bonds is 6. The maximum absolute atomic E-state index is 12.9. The van der Waals surface area contributed by atoms with Crippen LogP contribution in [0.1, 0.15) is 53.6 Å². The summed E-state index contributed by atoms with van der Waals surface area (Å²) in [5.74, 6) is -0.0157. The van der Waals surface area contributed by atoms with Crippen molar-refractivity contribution in [1.82, 2.24) is 19.7 Å². The molecule has 2 amide bonds. The first-order chi connectivity index (χ1) is 16.6. The van der Waals surface area contributed by atoms with Gasteiger partial charge in [-0.05, 0) is 38.3 Å². The number of aromatic nitrogens is 3. The van der Waals surface area contributed by atoms with Crippen molar-refractivity contribution in [1.29, 1.82) is 0 Å². The van der Waals surface area contributed by atoms with Crippen molar-refractivity contribution in [3.63, 3.8) is 0 Å². The van der Waals surface area contributed by atoms with Crippen LogP contribution in [0.15, 0.2) is 41.8 Å². The van der Waals surface area contributed by atoms with Gasteiger partial charge in [0.15, 0.2) is 5.69 Å². The van der Waals surface area contributed by atoms with E-state index >= 15 is 0 Å². The SMILES string of the molecule is Cc1cc(C(F)(F)F)nn1CC(=O)N1CCC(c2nc(NC(=O)C(C)c3ccccc3)cs2)CC1. The van der Waals surface area contributed by atoms with Crippen molar-refractivity contribution in [2.75, 3.05) is 18.4 Å². The Bertz CT molecular complexity index is 1180. The molecule has 0 saturated carbocycles. The molecule has 1 fully saturated rings. The molecular weight excluding hydrogens is 479 g/mol. The summed E-state index contributed by atoms with van der Waals surface area (Å²) in [4.78, 5) is 31.5. The Morgan fingerprint density at radius 1 is 1.20 bits per heavy atom. The Hall–Kier alpha value is -3.21. The standard InChI is InChI=1S/C24H26F3N5O2S/c1-15-12-19(24(25,26)27)30-32(15)13-21(33)31-10-8-18(9-11-31)23-29-20(14-35-23)28-22(34)16(2)17-6-4-3-5-7-17/h3-7,12,14,16,18H,8-11,13H2,1-2H3,(H,28,34). The first-order valence-electron chi connectivity index (χ1n) is 11.3. The quantitative estimate of drug-likeness (QED) is 0.521. The summed E-state index contributed by atoms with van der Waals surface area (Å²) in [7, 11) is 0. The number of hydrogen-bond donors (Lipinski definition) is 1. The van der Waals surface area contributed by atoms with Gasteiger partial charge in [-0.2, -0.15) is 18.3 Å². The van der Waals surface area contributed by atoms with Crippen LogP contribution in [0.2, 0.25) is 0 Å². The van der Waals surface area contributed by atoms with Crippen LogP contribution in [-0.4, -0.2) is 44.6 Å². The highest BCUT2D eigenvalue weighted by molar-refractivity contribution is 7.10. The van der Waals surface area contributed by atoms with Gasteiger partial charge in [-0.1, -0.05) is 30.3 Å². The van der Waals surface area contributed by atoms with Gasteiger partial charge in [-0.25, -0.2) is 4.98 Å². The highest BCUT2D eigenvalue weighted by Crippen LogP contribution is 2.32. The second-order valence-corrected chi connectivity index (χ2v) is 9.56. The lowest BCUT2D eigenvalue weighted by Crippen LogP contribution is -2.40.